The minimum atomic E-state index is -3.75. The maximum Gasteiger partial charge on any atom is 0.243 e. The lowest BCUT2D eigenvalue weighted by Crippen LogP contribution is -2.44. The Kier molecular flexibility index (Phi) is 7.03. The number of nitrogens with one attached hydrogen (secondary N) is 1. The number of aryl methyl sites for hydroxylation is 1. The Labute approximate surface area is 183 Å². The molecule has 0 unspecified atom stereocenters. The van der Waals surface area contributed by atoms with Crippen LogP contribution in [0.4, 0.5) is 0 Å². The maximum atomic E-state index is 13.0. The standard InChI is InChI=1S/C21H26N2O6S2/c1-16-4-3-5-18(14-16)29-17-6-8-20(9-7-17)31(27,28)23-12-10-19(11-13-23)30(25,26)15-21(24)22-2/h3-9,14,19H,10-13,15H2,1-2H3,(H,22,24). The van der Waals surface area contributed by atoms with Crippen LogP contribution in [-0.4, -0.2) is 58.2 Å². The average Bonchev–Trinajstić information content (AvgIpc) is 2.74. The average molecular weight is 467 g/mol. The van der Waals surface area contributed by atoms with Gasteiger partial charge in [0.15, 0.2) is 9.84 Å². The highest BCUT2D eigenvalue weighted by Gasteiger charge is 2.35. The third-order valence-electron chi connectivity index (χ3n) is 5.21. The Balaban J connectivity index is 1.65. The van der Waals surface area contributed by atoms with Crippen molar-refractivity contribution in [3.63, 3.8) is 0 Å². The number of carbonyl (C=O) groups is 1. The summed E-state index contributed by atoms with van der Waals surface area (Å²) in [5, 5.41) is 1.58. The van der Waals surface area contributed by atoms with Gasteiger partial charge in [-0.2, -0.15) is 4.31 Å². The van der Waals surface area contributed by atoms with Gasteiger partial charge in [-0.25, -0.2) is 16.8 Å². The van der Waals surface area contributed by atoms with Crippen molar-refractivity contribution in [3.05, 3.63) is 54.1 Å². The van der Waals surface area contributed by atoms with Gasteiger partial charge in [0, 0.05) is 20.1 Å². The number of hydrogen-bond acceptors (Lipinski definition) is 6. The summed E-state index contributed by atoms with van der Waals surface area (Å²) >= 11 is 0. The summed E-state index contributed by atoms with van der Waals surface area (Å²) in [4.78, 5) is 11.6. The van der Waals surface area contributed by atoms with E-state index in [9.17, 15) is 21.6 Å². The molecule has 10 heteroatoms. The Morgan fingerprint density at radius 1 is 1.03 bits per heavy atom. The molecular formula is C21H26N2O6S2. The van der Waals surface area contributed by atoms with E-state index in [1.165, 1.54) is 23.5 Å². The van der Waals surface area contributed by atoms with E-state index < -0.39 is 36.8 Å². The van der Waals surface area contributed by atoms with Crippen molar-refractivity contribution in [2.75, 3.05) is 25.9 Å². The first-order valence-electron chi connectivity index (χ1n) is 9.89. The zero-order valence-corrected chi connectivity index (χ0v) is 19.1. The molecule has 1 saturated heterocycles. The first kappa shape index (κ1) is 23.2. The molecule has 8 nitrogen and oxygen atoms in total. The zero-order chi connectivity index (χ0) is 22.6. The van der Waals surface area contributed by atoms with Gasteiger partial charge in [0.1, 0.15) is 17.3 Å². The Morgan fingerprint density at radius 3 is 2.26 bits per heavy atom. The fraction of sp³-hybridized carbons (Fsp3) is 0.381. The minimum Gasteiger partial charge on any atom is -0.457 e. The van der Waals surface area contributed by atoms with Crippen molar-refractivity contribution in [1.29, 1.82) is 0 Å². The van der Waals surface area contributed by atoms with E-state index >= 15 is 0 Å². The number of sulfone groups is 1. The molecule has 1 aliphatic heterocycles. The molecule has 168 valence electrons. The quantitative estimate of drug-likeness (QED) is 0.669. The van der Waals surface area contributed by atoms with E-state index in [0.29, 0.717) is 11.5 Å². The predicted molar refractivity (Wildman–Crippen MR) is 117 cm³/mol. The van der Waals surface area contributed by atoms with Crippen LogP contribution in [0.5, 0.6) is 11.5 Å². The summed E-state index contributed by atoms with van der Waals surface area (Å²) in [5.41, 5.74) is 1.05. The number of nitrogens with zero attached hydrogens (tertiary/aromatic N) is 1. The molecule has 0 saturated carbocycles. The number of sulfonamides is 1. The van der Waals surface area contributed by atoms with Crippen molar-refractivity contribution in [3.8, 4) is 11.5 Å². The van der Waals surface area contributed by atoms with Crippen molar-refractivity contribution < 1.29 is 26.4 Å². The van der Waals surface area contributed by atoms with E-state index in [-0.39, 0.29) is 30.8 Å². The van der Waals surface area contributed by atoms with Gasteiger partial charge in [-0.3, -0.25) is 4.79 Å². The molecule has 2 aromatic rings. The van der Waals surface area contributed by atoms with Gasteiger partial charge in [0.2, 0.25) is 15.9 Å². The first-order valence-corrected chi connectivity index (χ1v) is 13.0. The first-order chi connectivity index (χ1) is 14.6. The molecule has 0 radical (unpaired) electrons. The Bertz CT molecular complexity index is 1140. The van der Waals surface area contributed by atoms with Crippen LogP contribution in [0.3, 0.4) is 0 Å². The third kappa shape index (κ3) is 5.63. The summed E-state index contributed by atoms with van der Waals surface area (Å²) in [6, 6.07) is 13.7. The van der Waals surface area contributed by atoms with Crippen LogP contribution in [-0.2, 0) is 24.7 Å². The highest BCUT2D eigenvalue weighted by Crippen LogP contribution is 2.27. The molecule has 0 bridgehead atoms. The van der Waals surface area contributed by atoms with Gasteiger partial charge >= 0.3 is 0 Å². The van der Waals surface area contributed by atoms with Crippen LogP contribution in [0.25, 0.3) is 0 Å². The Hall–Kier alpha value is -2.43. The molecule has 1 heterocycles. The molecule has 1 N–H and O–H groups in total. The van der Waals surface area contributed by atoms with Crippen molar-refractivity contribution in [2.45, 2.75) is 29.9 Å². The number of rotatable bonds is 7. The number of amides is 1. The number of hydrogen-bond donors (Lipinski definition) is 1. The zero-order valence-electron chi connectivity index (χ0n) is 17.4. The monoisotopic (exact) mass is 466 g/mol. The van der Waals surface area contributed by atoms with Crippen molar-refractivity contribution in [2.24, 2.45) is 0 Å². The van der Waals surface area contributed by atoms with E-state index in [1.807, 2.05) is 31.2 Å². The highest BCUT2D eigenvalue weighted by molar-refractivity contribution is 7.92. The van der Waals surface area contributed by atoms with Gasteiger partial charge in [-0.15, -0.1) is 0 Å². The Morgan fingerprint density at radius 2 is 1.68 bits per heavy atom. The number of carbonyl (C=O) groups excluding carboxylic acids is 1. The molecule has 31 heavy (non-hydrogen) atoms. The van der Waals surface area contributed by atoms with E-state index in [2.05, 4.69) is 5.32 Å². The predicted octanol–water partition coefficient (Wildman–Crippen LogP) is 2.10. The largest absolute Gasteiger partial charge is 0.457 e. The molecule has 3 rings (SSSR count). The van der Waals surface area contributed by atoms with Crippen LogP contribution in [0.1, 0.15) is 18.4 Å². The van der Waals surface area contributed by atoms with Crippen LogP contribution < -0.4 is 10.1 Å². The summed E-state index contributed by atoms with van der Waals surface area (Å²) < 4.78 is 57.6. The molecule has 0 aliphatic carbocycles. The lowest BCUT2D eigenvalue weighted by atomic mass is 10.2. The fourth-order valence-corrected chi connectivity index (χ4v) is 6.59. The molecule has 0 spiro atoms. The van der Waals surface area contributed by atoms with Gasteiger partial charge < -0.3 is 10.1 Å². The molecule has 1 fully saturated rings. The molecule has 0 atom stereocenters. The van der Waals surface area contributed by atoms with E-state index in [1.54, 1.807) is 12.1 Å². The van der Waals surface area contributed by atoms with Crippen LogP contribution >= 0.6 is 0 Å². The van der Waals surface area contributed by atoms with Gasteiger partial charge in [-0.1, -0.05) is 12.1 Å². The van der Waals surface area contributed by atoms with Gasteiger partial charge in [0.25, 0.3) is 0 Å². The number of piperidine rings is 1. The molecule has 0 aromatic heterocycles. The molecule has 2 aromatic carbocycles. The van der Waals surface area contributed by atoms with Crippen LogP contribution in [0.2, 0.25) is 0 Å². The van der Waals surface area contributed by atoms with Crippen molar-refractivity contribution >= 4 is 25.8 Å². The second kappa shape index (κ2) is 9.37. The second-order valence-electron chi connectivity index (χ2n) is 7.47. The lowest BCUT2D eigenvalue weighted by molar-refractivity contribution is -0.118. The molecular weight excluding hydrogens is 440 g/mol. The highest BCUT2D eigenvalue weighted by atomic mass is 32.2. The van der Waals surface area contributed by atoms with Crippen LogP contribution in [0, 0.1) is 6.92 Å². The number of ether oxygens (including phenoxy) is 1. The molecule has 1 aliphatic rings. The summed E-state index contributed by atoms with van der Waals surface area (Å²) in [5.74, 6) is 0.0331. The van der Waals surface area contributed by atoms with Gasteiger partial charge in [0.05, 0.1) is 10.1 Å². The smallest absolute Gasteiger partial charge is 0.243 e. The van der Waals surface area contributed by atoms with Crippen LogP contribution in [0.15, 0.2) is 53.4 Å². The summed E-state index contributed by atoms with van der Waals surface area (Å²) in [7, 11) is -5.99. The van der Waals surface area contributed by atoms with E-state index in [0.717, 1.165) is 5.56 Å². The SMILES string of the molecule is CNC(=O)CS(=O)(=O)C1CCN(S(=O)(=O)c2ccc(Oc3cccc(C)c3)cc2)CC1. The number of benzene rings is 2. The van der Waals surface area contributed by atoms with Crippen molar-refractivity contribution in [1.82, 2.24) is 9.62 Å². The van der Waals surface area contributed by atoms with E-state index in [4.69, 9.17) is 4.74 Å². The molecule has 1 amide bonds. The maximum absolute atomic E-state index is 13.0. The normalized spacial score (nSPS) is 16.1. The topological polar surface area (TPSA) is 110 Å². The third-order valence-corrected chi connectivity index (χ3v) is 9.27. The second-order valence-corrected chi connectivity index (χ2v) is 11.7. The van der Waals surface area contributed by atoms with Gasteiger partial charge in [-0.05, 0) is 61.7 Å². The lowest BCUT2D eigenvalue weighted by Gasteiger charge is -2.30. The summed E-state index contributed by atoms with van der Waals surface area (Å²) in [6.45, 7) is 2.12. The fourth-order valence-electron chi connectivity index (χ4n) is 3.45. The summed E-state index contributed by atoms with van der Waals surface area (Å²) in [6.07, 6.45) is 0.320. The minimum absolute atomic E-state index is 0.0848.